The Bertz CT molecular complexity index is 526. The molecule has 0 aliphatic rings. The molecule has 0 amide bonds. The van der Waals surface area contributed by atoms with Crippen LogP contribution in [0.4, 0.5) is 0 Å². The summed E-state index contributed by atoms with van der Waals surface area (Å²) in [6, 6.07) is 3.12. The Kier molecular flexibility index (Phi) is 20.5. The largest absolute Gasteiger partial charge is 0.699 e. The van der Waals surface area contributed by atoms with E-state index in [1.165, 1.54) is 0 Å². The monoisotopic (exact) mass is 633 g/mol. The van der Waals surface area contributed by atoms with Gasteiger partial charge in [-0.1, -0.05) is 0 Å². The first-order valence-electron chi connectivity index (χ1n) is 14.4. The predicted octanol–water partition coefficient (Wildman–Crippen LogP) is 9.09. The topological polar surface area (TPSA) is 48.5 Å². The van der Waals surface area contributed by atoms with Crippen molar-refractivity contribution in [3.63, 3.8) is 0 Å². The van der Waals surface area contributed by atoms with Crippen molar-refractivity contribution in [2.24, 2.45) is 0 Å². The molecule has 38 heavy (non-hydrogen) atoms. The molecular formula is C26H62N4O3P5+. The van der Waals surface area contributed by atoms with Crippen molar-refractivity contribution >= 4 is 43.2 Å². The molecule has 0 aromatic rings. The van der Waals surface area contributed by atoms with E-state index in [1.807, 2.05) is 0 Å². The van der Waals surface area contributed by atoms with Gasteiger partial charge in [0.05, 0.1) is 0 Å². The average molecular weight is 634 g/mol. The first-order chi connectivity index (χ1) is 17.4. The van der Waals surface area contributed by atoms with Gasteiger partial charge in [0.2, 0.25) is 0 Å². The molecule has 0 spiro atoms. The summed E-state index contributed by atoms with van der Waals surface area (Å²) in [6.07, 6.45) is 0. The van der Waals surface area contributed by atoms with Gasteiger partial charge in [0.25, 0.3) is 0 Å². The highest BCUT2D eigenvalue weighted by Gasteiger charge is 2.38. The summed E-state index contributed by atoms with van der Waals surface area (Å²) < 4.78 is 36.1. The van der Waals surface area contributed by atoms with Gasteiger partial charge in [0, 0.05) is 52.9 Å². The first kappa shape index (κ1) is 39.6. The van der Waals surface area contributed by atoms with Gasteiger partial charge < -0.3 is 0 Å². The lowest BCUT2D eigenvalue weighted by Gasteiger charge is -2.37. The van der Waals surface area contributed by atoms with Gasteiger partial charge in [-0.25, -0.2) is 0 Å². The molecule has 12 heteroatoms. The maximum Gasteiger partial charge on any atom is 0.699 e. The van der Waals surface area contributed by atoms with Crippen LogP contribution >= 0.6 is 43.2 Å². The molecule has 7 nitrogen and oxygen atoms in total. The minimum atomic E-state index is -2.26. The van der Waals surface area contributed by atoms with Crippen LogP contribution in [0.5, 0.6) is 0 Å². The quantitative estimate of drug-likeness (QED) is 0.124. The molecule has 0 radical (unpaired) electrons. The van der Waals surface area contributed by atoms with Crippen molar-refractivity contribution in [2.45, 2.75) is 170 Å². The molecule has 228 valence electrons. The van der Waals surface area contributed by atoms with Gasteiger partial charge in [-0.2, -0.15) is 0 Å². The van der Waals surface area contributed by atoms with Crippen molar-refractivity contribution in [1.82, 2.24) is 18.7 Å². The van der Waals surface area contributed by atoms with Crippen LogP contribution in [0.1, 0.15) is 111 Å². The van der Waals surface area contributed by atoms with E-state index in [2.05, 4.69) is 129 Å². The Morgan fingerprint density at radius 2 is 0.553 bits per heavy atom. The van der Waals surface area contributed by atoms with Gasteiger partial charge in [-0.05, 0) is 146 Å². The molecule has 4 atom stereocenters. The molecule has 0 aromatic carbocycles. The lowest BCUT2D eigenvalue weighted by Crippen LogP contribution is -2.34. The van der Waals surface area contributed by atoms with Crippen LogP contribution < -0.4 is 0 Å². The van der Waals surface area contributed by atoms with Crippen LogP contribution in [0.15, 0.2) is 0 Å². The van der Waals surface area contributed by atoms with Crippen molar-refractivity contribution in [2.75, 3.05) is 0 Å². The van der Waals surface area contributed by atoms with E-state index in [4.69, 9.17) is 9.05 Å². The highest BCUT2D eigenvalue weighted by atomic mass is 31.1. The van der Waals surface area contributed by atoms with Crippen LogP contribution in [0.3, 0.4) is 0 Å². The minimum Gasteiger partial charge on any atom is -0.277 e. The van der Waals surface area contributed by atoms with E-state index in [9.17, 15) is 4.57 Å². The first-order valence-corrected chi connectivity index (χ1v) is 19.6. The van der Waals surface area contributed by atoms with E-state index in [-0.39, 0.29) is 11.2 Å². The second-order valence-corrected chi connectivity index (χ2v) is 19.3. The van der Waals surface area contributed by atoms with E-state index in [1.54, 1.807) is 0 Å². The van der Waals surface area contributed by atoms with E-state index >= 15 is 0 Å². The third kappa shape index (κ3) is 15.2. The molecule has 0 saturated heterocycles. The number of nitrogens with zero attached hydrogens (tertiary/aromatic N) is 4. The smallest absolute Gasteiger partial charge is 0.277 e. The fourth-order valence-corrected chi connectivity index (χ4v) is 12.4. The summed E-state index contributed by atoms with van der Waals surface area (Å²) in [6.45, 7) is 35.6. The highest BCUT2D eigenvalue weighted by molar-refractivity contribution is 7.56. The van der Waals surface area contributed by atoms with Gasteiger partial charge in [-0.15, -0.1) is 9.05 Å². The molecule has 4 unspecified atom stereocenters. The number of rotatable bonds is 20. The van der Waals surface area contributed by atoms with Crippen LogP contribution in [0.2, 0.25) is 0 Å². The third-order valence-electron chi connectivity index (χ3n) is 5.90. The molecule has 0 fully saturated rings. The summed E-state index contributed by atoms with van der Waals surface area (Å²) in [5.41, 5.74) is -0.309. The Labute approximate surface area is 245 Å². The summed E-state index contributed by atoms with van der Waals surface area (Å²) in [7, 11) is -0.583. The fraction of sp³-hybridized carbons (Fsp3) is 1.00. The van der Waals surface area contributed by atoms with Crippen LogP contribution in [-0.4, -0.2) is 78.2 Å². The predicted molar refractivity (Wildman–Crippen MR) is 179 cm³/mol. The zero-order valence-corrected chi connectivity index (χ0v) is 32.1. The average Bonchev–Trinajstić information content (AvgIpc) is 2.74. The molecule has 0 saturated carbocycles. The normalized spacial score (nSPS) is 16.8. The molecular weight excluding hydrogens is 571 g/mol. The summed E-state index contributed by atoms with van der Waals surface area (Å²) in [5.74, 6) is 0. The zero-order chi connectivity index (χ0) is 29.9. The maximum absolute atomic E-state index is 13.6. The zero-order valence-electron chi connectivity index (χ0n) is 27.2. The van der Waals surface area contributed by atoms with E-state index < -0.39 is 8.25 Å². The van der Waals surface area contributed by atoms with Crippen LogP contribution in [-0.2, 0) is 13.6 Å². The summed E-state index contributed by atoms with van der Waals surface area (Å²) in [5, 5.41) is 0. The Morgan fingerprint density at radius 3 is 0.684 bits per heavy atom. The van der Waals surface area contributed by atoms with Crippen molar-refractivity contribution in [3.8, 4) is 0 Å². The maximum atomic E-state index is 13.6. The van der Waals surface area contributed by atoms with Crippen molar-refractivity contribution < 1.29 is 13.6 Å². The van der Waals surface area contributed by atoms with Gasteiger partial charge in [0.1, 0.15) is 0 Å². The van der Waals surface area contributed by atoms with E-state index in [0.717, 1.165) is 0 Å². The second-order valence-electron chi connectivity index (χ2n) is 12.1. The minimum absolute atomic E-state index is 0.155. The Hall–Kier alpha value is 1.58. The number of hydrogen-bond acceptors (Lipinski definition) is 7. The van der Waals surface area contributed by atoms with E-state index in [0.29, 0.717) is 83.3 Å². The molecule has 0 bridgehead atoms. The highest BCUT2D eigenvalue weighted by Crippen LogP contribution is 2.52. The molecule has 0 aliphatic carbocycles. The van der Waals surface area contributed by atoms with Crippen molar-refractivity contribution in [3.05, 3.63) is 0 Å². The molecule has 0 aliphatic heterocycles. The van der Waals surface area contributed by atoms with Gasteiger partial charge >= 0.3 is 8.25 Å². The van der Waals surface area contributed by atoms with Crippen molar-refractivity contribution in [1.29, 1.82) is 0 Å². The molecule has 0 N–H and O–H groups in total. The summed E-state index contributed by atoms with van der Waals surface area (Å²) >= 11 is 0. The SMILES string of the molecule is CC(C)N(PC(O[P+](=O)OC(PN(C(C)C)C(C)C)PN(C(C)C)C(C)C)PN(C(C)C)C(C)C)C(C)C. The molecule has 0 rings (SSSR count). The van der Waals surface area contributed by atoms with Gasteiger partial charge in [0.15, 0.2) is 11.2 Å². The molecule has 0 heterocycles. The second kappa shape index (κ2) is 19.7. The Balaban J connectivity index is 5.98. The summed E-state index contributed by atoms with van der Waals surface area (Å²) in [4.78, 5) is 0. The lowest BCUT2D eigenvalue weighted by atomic mass is 10.3. The van der Waals surface area contributed by atoms with Gasteiger partial charge in [-0.3, -0.25) is 18.7 Å². The molecule has 0 aromatic heterocycles. The standard InChI is InChI=1S/C26H62N4O3P5/c1-17(2)27(18(3)4)34-25(35-28(19(5)6)20(7)8)32-38(31)33-26(36-29(21(9)10)22(11)12)37-30(23(13)14)24(15)16/h17-26,34-37H,1-16H3/q+1. The fourth-order valence-electron chi connectivity index (χ4n) is 4.47. The third-order valence-corrected chi connectivity index (χ3v) is 15.7. The number of hydrogen-bond donors (Lipinski definition) is 0. The Morgan fingerprint density at radius 1 is 0.395 bits per heavy atom. The van der Waals surface area contributed by atoms with Crippen LogP contribution in [0.25, 0.3) is 0 Å². The lowest BCUT2D eigenvalue weighted by molar-refractivity contribution is 0.230. The van der Waals surface area contributed by atoms with Crippen LogP contribution in [0, 0.1) is 0 Å².